The van der Waals surface area contributed by atoms with Crippen molar-refractivity contribution in [3.63, 3.8) is 0 Å². The molecule has 0 saturated heterocycles. The lowest BCUT2D eigenvalue weighted by Crippen LogP contribution is -2.30. The van der Waals surface area contributed by atoms with Gasteiger partial charge >= 0.3 is 0 Å². The molecule has 0 atom stereocenters. The molecule has 0 unspecified atom stereocenters. The summed E-state index contributed by atoms with van der Waals surface area (Å²) in [6.07, 6.45) is 0.804. The van der Waals surface area contributed by atoms with Gasteiger partial charge in [0.05, 0.1) is 11.1 Å². The van der Waals surface area contributed by atoms with Crippen LogP contribution in [-0.4, -0.2) is 20.8 Å². The van der Waals surface area contributed by atoms with Crippen LogP contribution in [0, 0.1) is 13.8 Å². The molecule has 0 aliphatic rings. The first-order chi connectivity index (χ1) is 11.5. The summed E-state index contributed by atoms with van der Waals surface area (Å²) >= 11 is 0. The average Bonchev–Trinajstić information content (AvgIpc) is 2.95. The van der Waals surface area contributed by atoms with Crippen molar-refractivity contribution in [2.75, 3.05) is 5.32 Å². The van der Waals surface area contributed by atoms with E-state index in [1.807, 2.05) is 31.2 Å². The molecule has 0 fully saturated rings. The predicted molar refractivity (Wildman–Crippen MR) is 90.0 cm³/mol. The molecule has 0 aliphatic heterocycles. The molecule has 0 saturated carbocycles. The van der Waals surface area contributed by atoms with E-state index in [0.29, 0.717) is 16.8 Å². The number of fused-ring (bicyclic) bond motifs is 1. The van der Waals surface area contributed by atoms with Crippen LogP contribution in [0.25, 0.3) is 10.9 Å². The van der Waals surface area contributed by atoms with Gasteiger partial charge < -0.3 is 9.84 Å². The lowest BCUT2D eigenvalue weighted by atomic mass is 10.1. The highest BCUT2D eigenvalue weighted by molar-refractivity contribution is 5.91. The molecule has 0 spiro atoms. The van der Waals surface area contributed by atoms with E-state index in [1.165, 1.54) is 0 Å². The molecule has 0 bridgehead atoms. The van der Waals surface area contributed by atoms with E-state index < -0.39 is 5.56 Å². The molecule has 1 amide bonds. The van der Waals surface area contributed by atoms with Crippen molar-refractivity contribution in [2.24, 2.45) is 0 Å². The van der Waals surface area contributed by atoms with Gasteiger partial charge in [0.15, 0.2) is 5.52 Å². The average molecular weight is 326 g/mol. The Morgan fingerprint density at radius 1 is 1.29 bits per heavy atom. The highest BCUT2D eigenvalue weighted by Crippen LogP contribution is 2.17. The Morgan fingerprint density at radius 3 is 2.79 bits per heavy atom. The van der Waals surface area contributed by atoms with Gasteiger partial charge in [-0.1, -0.05) is 30.3 Å². The van der Waals surface area contributed by atoms with Crippen LogP contribution in [0.5, 0.6) is 0 Å². The standard InChI is InChI=1S/C17H18N4O3/c1-4-12-7-5-6-8-13(12)18-14(22)9-21-17(23)16-15(10(2)19-21)11(3)24-20-16/h5-8H,4,9H2,1-3H3,(H,18,22). The molecule has 0 radical (unpaired) electrons. The van der Waals surface area contributed by atoms with Gasteiger partial charge in [-0.15, -0.1) is 0 Å². The summed E-state index contributed by atoms with van der Waals surface area (Å²) in [5, 5.41) is 11.4. The zero-order chi connectivity index (χ0) is 17.3. The van der Waals surface area contributed by atoms with E-state index in [1.54, 1.807) is 13.8 Å². The first kappa shape index (κ1) is 15.9. The van der Waals surface area contributed by atoms with Crippen LogP contribution in [0.2, 0.25) is 0 Å². The molecule has 1 N–H and O–H groups in total. The maximum absolute atomic E-state index is 12.4. The Morgan fingerprint density at radius 2 is 2.04 bits per heavy atom. The van der Waals surface area contributed by atoms with E-state index in [0.717, 1.165) is 22.4 Å². The number of nitrogens with zero attached hydrogens (tertiary/aromatic N) is 3. The number of amides is 1. The molecule has 0 aliphatic carbocycles. The Balaban J connectivity index is 1.88. The van der Waals surface area contributed by atoms with Crippen molar-refractivity contribution in [3.8, 4) is 0 Å². The second-order valence-corrected chi connectivity index (χ2v) is 5.57. The zero-order valence-corrected chi connectivity index (χ0v) is 13.8. The van der Waals surface area contributed by atoms with Crippen molar-refractivity contribution in [1.29, 1.82) is 0 Å². The summed E-state index contributed by atoms with van der Waals surface area (Å²) in [5.41, 5.74) is 2.14. The van der Waals surface area contributed by atoms with Crippen LogP contribution >= 0.6 is 0 Å². The molecule has 3 aromatic rings. The van der Waals surface area contributed by atoms with Crippen molar-refractivity contribution in [3.05, 3.63) is 51.6 Å². The lowest BCUT2D eigenvalue weighted by molar-refractivity contribution is -0.117. The largest absolute Gasteiger partial charge is 0.360 e. The number of nitrogens with one attached hydrogen (secondary N) is 1. The van der Waals surface area contributed by atoms with Gasteiger partial charge in [0.2, 0.25) is 5.91 Å². The molecule has 24 heavy (non-hydrogen) atoms. The van der Waals surface area contributed by atoms with E-state index in [2.05, 4.69) is 15.6 Å². The number of benzene rings is 1. The predicted octanol–water partition coefficient (Wildman–Crippen LogP) is 2.20. The molecule has 124 valence electrons. The van der Waals surface area contributed by atoms with E-state index in [9.17, 15) is 9.59 Å². The number of carbonyl (C=O) groups excluding carboxylic acids is 1. The van der Waals surface area contributed by atoms with Crippen molar-refractivity contribution >= 4 is 22.5 Å². The fraction of sp³-hybridized carbons (Fsp3) is 0.294. The van der Waals surface area contributed by atoms with Crippen LogP contribution < -0.4 is 10.9 Å². The van der Waals surface area contributed by atoms with Crippen LogP contribution in [0.15, 0.2) is 33.6 Å². The van der Waals surface area contributed by atoms with Gasteiger partial charge in [0, 0.05) is 5.69 Å². The molecule has 7 nitrogen and oxygen atoms in total. The Labute approximate surface area is 138 Å². The topological polar surface area (TPSA) is 90.0 Å². The number of rotatable bonds is 4. The maximum Gasteiger partial charge on any atom is 0.297 e. The second-order valence-electron chi connectivity index (χ2n) is 5.57. The first-order valence-electron chi connectivity index (χ1n) is 7.72. The minimum atomic E-state index is -0.439. The summed E-state index contributed by atoms with van der Waals surface area (Å²) in [6.45, 7) is 5.32. The van der Waals surface area contributed by atoms with Gasteiger partial charge in [-0.2, -0.15) is 5.10 Å². The minimum absolute atomic E-state index is 0.181. The highest BCUT2D eigenvalue weighted by atomic mass is 16.5. The molecular weight excluding hydrogens is 308 g/mol. The Hall–Kier alpha value is -2.96. The number of aromatic nitrogens is 3. The molecular formula is C17H18N4O3. The van der Waals surface area contributed by atoms with Gasteiger partial charge in [0.1, 0.15) is 12.3 Å². The molecule has 7 heteroatoms. The zero-order valence-electron chi connectivity index (χ0n) is 13.8. The van der Waals surface area contributed by atoms with Crippen LogP contribution in [0.3, 0.4) is 0 Å². The highest BCUT2D eigenvalue weighted by Gasteiger charge is 2.16. The maximum atomic E-state index is 12.4. The van der Waals surface area contributed by atoms with Crippen molar-refractivity contribution in [2.45, 2.75) is 33.7 Å². The first-order valence-corrected chi connectivity index (χ1v) is 7.72. The Bertz CT molecular complexity index is 972. The van der Waals surface area contributed by atoms with Gasteiger partial charge in [-0.05, 0) is 31.9 Å². The summed E-state index contributed by atoms with van der Waals surface area (Å²) < 4.78 is 6.17. The van der Waals surface area contributed by atoms with Crippen LogP contribution in [0.1, 0.15) is 23.9 Å². The van der Waals surface area contributed by atoms with Crippen LogP contribution in [-0.2, 0) is 17.8 Å². The number of hydrogen-bond donors (Lipinski definition) is 1. The summed E-state index contributed by atoms with van der Waals surface area (Å²) in [4.78, 5) is 24.7. The lowest BCUT2D eigenvalue weighted by Gasteiger charge is -2.10. The molecule has 2 aromatic heterocycles. The van der Waals surface area contributed by atoms with Crippen molar-refractivity contribution in [1.82, 2.24) is 14.9 Å². The summed E-state index contributed by atoms with van der Waals surface area (Å²) in [7, 11) is 0. The summed E-state index contributed by atoms with van der Waals surface area (Å²) in [6, 6.07) is 7.56. The van der Waals surface area contributed by atoms with E-state index >= 15 is 0 Å². The molecule has 3 rings (SSSR count). The summed E-state index contributed by atoms with van der Waals surface area (Å²) in [5.74, 6) is 0.227. The SMILES string of the molecule is CCc1ccccc1NC(=O)Cn1nc(C)c2c(C)onc2c1=O. The monoisotopic (exact) mass is 326 g/mol. The van der Waals surface area contributed by atoms with Crippen molar-refractivity contribution < 1.29 is 9.32 Å². The molecule has 1 aromatic carbocycles. The van der Waals surface area contributed by atoms with E-state index in [4.69, 9.17) is 4.52 Å². The number of carbonyl (C=O) groups is 1. The third-order valence-corrected chi connectivity index (χ3v) is 3.90. The van der Waals surface area contributed by atoms with Gasteiger partial charge in [0.25, 0.3) is 5.56 Å². The third kappa shape index (κ3) is 2.80. The second kappa shape index (κ2) is 6.27. The third-order valence-electron chi connectivity index (χ3n) is 3.90. The Kier molecular flexibility index (Phi) is 4.16. The fourth-order valence-corrected chi connectivity index (χ4v) is 2.73. The quantitative estimate of drug-likeness (QED) is 0.794. The van der Waals surface area contributed by atoms with Gasteiger partial charge in [-0.25, -0.2) is 4.68 Å². The molecule has 2 heterocycles. The normalized spacial score (nSPS) is 11.0. The van der Waals surface area contributed by atoms with E-state index in [-0.39, 0.29) is 18.0 Å². The smallest absolute Gasteiger partial charge is 0.297 e. The number of hydrogen-bond acceptors (Lipinski definition) is 5. The van der Waals surface area contributed by atoms with Gasteiger partial charge in [-0.3, -0.25) is 9.59 Å². The number of para-hydroxylation sites is 1. The minimum Gasteiger partial charge on any atom is -0.360 e. The number of aryl methyl sites for hydroxylation is 3. The number of anilines is 1. The fourth-order valence-electron chi connectivity index (χ4n) is 2.73. The van der Waals surface area contributed by atoms with Crippen LogP contribution in [0.4, 0.5) is 5.69 Å².